The number of benzene rings is 8. The molecule has 0 saturated heterocycles. The first-order chi connectivity index (χ1) is 24.7. The maximum absolute atomic E-state index is 5.27. The van der Waals surface area contributed by atoms with Crippen molar-refractivity contribution >= 4 is 64.1 Å². The molecule has 0 radical (unpaired) electrons. The average Bonchev–Trinajstić information content (AvgIpc) is 3.57. The van der Waals surface area contributed by atoms with Crippen LogP contribution in [0.3, 0.4) is 0 Å². The third-order valence-electron chi connectivity index (χ3n) is 10.0. The van der Waals surface area contributed by atoms with E-state index in [9.17, 15) is 0 Å². The molecule has 0 saturated carbocycles. The quantitative estimate of drug-likeness (QED) is 0.177. The predicted octanol–water partition coefficient (Wildman–Crippen LogP) is 13.3. The Balaban J connectivity index is 0.977. The molecule has 2 aromatic heterocycles. The number of hydrogen-bond acceptors (Lipinski definition) is 3. The van der Waals surface area contributed by atoms with Crippen molar-refractivity contribution in [1.29, 1.82) is 0 Å². The second-order valence-corrected chi connectivity index (χ2v) is 14.0. The van der Waals surface area contributed by atoms with Crippen molar-refractivity contribution in [3.05, 3.63) is 169 Å². The summed E-state index contributed by atoms with van der Waals surface area (Å²) in [6.45, 7) is 2.07. The number of hydrogen-bond donors (Lipinski definition) is 0. The molecule has 0 aliphatic rings. The van der Waals surface area contributed by atoms with Gasteiger partial charge >= 0.3 is 0 Å². The standard InChI is InChI=1S/C47H30N2S/c1-29-44(49-46-41-16-5-3-13-38(41)37-12-2-4-15-40(37)45(46)48-29)33-26-22-31(23-27-33)35-11-8-10-34(28-35)30-20-24-32(25-21-30)36-17-9-18-42-39-14-6-7-19-43(39)50-47(36)42/h2-28H,1H3. The maximum Gasteiger partial charge on any atom is 0.0979 e. The monoisotopic (exact) mass is 654 g/mol. The van der Waals surface area contributed by atoms with Crippen LogP contribution in [0.2, 0.25) is 0 Å². The lowest BCUT2D eigenvalue weighted by atomic mass is 9.96. The van der Waals surface area contributed by atoms with Crippen molar-refractivity contribution in [2.75, 3.05) is 0 Å². The van der Waals surface area contributed by atoms with E-state index in [2.05, 4.69) is 171 Å². The first-order valence-corrected chi connectivity index (χ1v) is 17.8. The zero-order valence-corrected chi connectivity index (χ0v) is 28.2. The largest absolute Gasteiger partial charge is 0.249 e. The van der Waals surface area contributed by atoms with Crippen molar-refractivity contribution in [2.45, 2.75) is 6.92 Å². The highest BCUT2D eigenvalue weighted by Crippen LogP contribution is 2.40. The topological polar surface area (TPSA) is 25.8 Å². The van der Waals surface area contributed by atoms with Gasteiger partial charge in [-0.25, -0.2) is 9.97 Å². The molecule has 0 amide bonds. The highest BCUT2D eigenvalue weighted by Gasteiger charge is 2.15. The third kappa shape index (κ3) is 4.62. The van der Waals surface area contributed by atoms with Crippen LogP contribution in [0.25, 0.3) is 97.4 Å². The Labute approximate surface area is 294 Å². The van der Waals surface area contributed by atoms with E-state index in [0.29, 0.717) is 0 Å². The van der Waals surface area contributed by atoms with Crippen LogP contribution >= 0.6 is 11.3 Å². The van der Waals surface area contributed by atoms with Crippen LogP contribution in [0.15, 0.2) is 164 Å². The number of rotatable bonds is 4. The van der Waals surface area contributed by atoms with Gasteiger partial charge in [0.25, 0.3) is 0 Å². The normalized spacial score (nSPS) is 11.7. The third-order valence-corrected chi connectivity index (χ3v) is 11.2. The fraction of sp³-hybridized carbons (Fsp3) is 0.0213. The number of aryl methyl sites for hydroxylation is 1. The molecule has 0 bridgehead atoms. The van der Waals surface area contributed by atoms with Crippen molar-refractivity contribution in [1.82, 2.24) is 9.97 Å². The van der Waals surface area contributed by atoms with Gasteiger partial charge in [0.2, 0.25) is 0 Å². The van der Waals surface area contributed by atoms with E-state index in [1.54, 1.807) is 0 Å². The average molecular weight is 655 g/mol. The molecule has 0 aliphatic heterocycles. The van der Waals surface area contributed by atoms with E-state index in [1.807, 2.05) is 11.3 Å². The van der Waals surface area contributed by atoms with Crippen LogP contribution in [0.5, 0.6) is 0 Å². The van der Waals surface area contributed by atoms with Gasteiger partial charge in [-0.2, -0.15) is 0 Å². The molecular weight excluding hydrogens is 625 g/mol. The predicted molar refractivity (Wildman–Crippen MR) is 214 cm³/mol. The van der Waals surface area contributed by atoms with E-state index in [4.69, 9.17) is 9.97 Å². The fourth-order valence-electron chi connectivity index (χ4n) is 7.53. The molecule has 10 aromatic rings. The van der Waals surface area contributed by atoms with Crippen molar-refractivity contribution in [3.8, 4) is 44.6 Å². The molecule has 50 heavy (non-hydrogen) atoms. The van der Waals surface area contributed by atoms with Crippen LogP contribution < -0.4 is 0 Å². The van der Waals surface area contributed by atoms with Gasteiger partial charge in [-0.1, -0.05) is 152 Å². The minimum atomic E-state index is 0.921. The van der Waals surface area contributed by atoms with Gasteiger partial charge in [0, 0.05) is 36.5 Å². The Kier molecular flexibility index (Phi) is 6.61. The van der Waals surface area contributed by atoms with Gasteiger partial charge in [0.15, 0.2) is 0 Å². The van der Waals surface area contributed by atoms with Crippen LogP contribution in [-0.2, 0) is 0 Å². The minimum Gasteiger partial charge on any atom is -0.249 e. The van der Waals surface area contributed by atoms with Crippen LogP contribution in [0, 0.1) is 6.92 Å². The summed E-state index contributed by atoms with van der Waals surface area (Å²) < 4.78 is 2.68. The Bertz CT molecular complexity index is 2920. The molecule has 3 heteroatoms. The van der Waals surface area contributed by atoms with Gasteiger partial charge in [-0.3, -0.25) is 0 Å². The maximum atomic E-state index is 5.27. The summed E-state index contributed by atoms with van der Waals surface area (Å²) in [5, 5.41) is 7.35. The van der Waals surface area contributed by atoms with E-state index < -0.39 is 0 Å². The van der Waals surface area contributed by atoms with Crippen molar-refractivity contribution in [2.24, 2.45) is 0 Å². The smallest absolute Gasteiger partial charge is 0.0979 e. The van der Waals surface area contributed by atoms with Crippen molar-refractivity contribution in [3.63, 3.8) is 0 Å². The molecular formula is C47H30N2S. The first kappa shape index (κ1) is 28.8. The molecule has 8 aromatic carbocycles. The number of thiophene rings is 1. The molecule has 234 valence electrons. The Morgan fingerprint density at radius 1 is 0.380 bits per heavy atom. The summed E-state index contributed by atoms with van der Waals surface area (Å²) in [6.07, 6.45) is 0. The van der Waals surface area contributed by atoms with Gasteiger partial charge in [-0.15, -0.1) is 11.3 Å². The SMILES string of the molecule is Cc1nc2c3ccccc3c3ccccc3c2nc1-c1ccc(-c2cccc(-c3ccc(-c4cccc5c4sc4ccccc45)cc3)c2)cc1. The molecule has 10 rings (SSSR count). The molecule has 0 atom stereocenters. The van der Waals surface area contributed by atoms with E-state index in [1.165, 1.54) is 64.3 Å². The number of aromatic nitrogens is 2. The van der Waals surface area contributed by atoms with Gasteiger partial charge in [0.1, 0.15) is 0 Å². The van der Waals surface area contributed by atoms with E-state index >= 15 is 0 Å². The van der Waals surface area contributed by atoms with Gasteiger partial charge in [0.05, 0.1) is 22.4 Å². The zero-order valence-electron chi connectivity index (χ0n) is 27.4. The highest BCUT2D eigenvalue weighted by molar-refractivity contribution is 7.26. The molecule has 0 N–H and O–H groups in total. The lowest BCUT2D eigenvalue weighted by Gasteiger charge is -2.13. The second-order valence-electron chi connectivity index (χ2n) is 13.0. The first-order valence-electron chi connectivity index (χ1n) is 17.0. The molecule has 2 heterocycles. The summed E-state index contributed by atoms with van der Waals surface area (Å²) in [4.78, 5) is 10.4. The Morgan fingerprint density at radius 2 is 0.880 bits per heavy atom. The minimum absolute atomic E-state index is 0.921. The van der Waals surface area contributed by atoms with Gasteiger partial charge in [-0.05, 0) is 63.2 Å². The number of nitrogens with zero attached hydrogens (tertiary/aromatic N) is 2. The summed E-state index contributed by atoms with van der Waals surface area (Å²) in [5.41, 5.74) is 12.1. The molecule has 2 nitrogen and oxygen atoms in total. The fourth-order valence-corrected chi connectivity index (χ4v) is 8.77. The van der Waals surface area contributed by atoms with Crippen LogP contribution in [-0.4, -0.2) is 9.97 Å². The molecule has 0 fully saturated rings. The molecule has 0 spiro atoms. The van der Waals surface area contributed by atoms with E-state index in [-0.39, 0.29) is 0 Å². The van der Waals surface area contributed by atoms with Crippen LogP contribution in [0.1, 0.15) is 5.69 Å². The van der Waals surface area contributed by atoms with E-state index in [0.717, 1.165) is 38.8 Å². The summed E-state index contributed by atoms with van der Waals surface area (Å²) in [6, 6.07) is 59.0. The van der Waals surface area contributed by atoms with Crippen LogP contribution in [0.4, 0.5) is 0 Å². The highest BCUT2D eigenvalue weighted by atomic mass is 32.1. The van der Waals surface area contributed by atoms with Crippen molar-refractivity contribution < 1.29 is 0 Å². The Morgan fingerprint density at radius 3 is 1.54 bits per heavy atom. The number of fused-ring (bicyclic) bond motifs is 9. The molecule has 0 aliphatic carbocycles. The van der Waals surface area contributed by atoms with Gasteiger partial charge < -0.3 is 0 Å². The summed E-state index contributed by atoms with van der Waals surface area (Å²) in [5.74, 6) is 0. The zero-order chi connectivity index (χ0) is 33.2. The Hall–Kier alpha value is -6.16. The lowest BCUT2D eigenvalue weighted by Crippen LogP contribution is -1.96. The second kappa shape index (κ2) is 11.5. The summed E-state index contributed by atoms with van der Waals surface area (Å²) >= 11 is 1.88. The molecule has 0 unspecified atom stereocenters. The lowest BCUT2D eigenvalue weighted by molar-refractivity contribution is 1.20. The summed E-state index contributed by atoms with van der Waals surface area (Å²) in [7, 11) is 0.